The van der Waals surface area contributed by atoms with Gasteiger partial charge >= 0.3 is 5.97 Å². The molecule has 16 heavy (non-hydrogen) atoms. The van der Waals surface area contributed by atoms with E-state index in [1.807, 2.05) is 0 Å². The van der Waals surface area contributed by atoms with Gasteiger partial charge in [-0.05, 0) is 31.0 Å². The van der Waals surface area contributed by atoms with Gasteiger partial charge in [-0.25, -0.2) is 4.39 Å². The standard InChI is InChI=1S/C11H12ClFO3/c12-9-7-8(13)4-5-10(9)16-6-2-1-3-11(14)15/h4-5,7H,1-3,6H2,(H,14,15). The molecule has 0 aliphatic carbocycles. The van der Waals surface area contributed by atoms with E-state index in [-0.39, 0.29) is 11.4 Å². The van der Waals surface area contributed by atoms with Crippen molar-refractivity contribution in [2.45, 2.75) is 19.3 Å². The molecule has 3 nitrogen and oxygen atoms in total. The number of rotatable bonds is 6. The van der Waals surface area contributed by atoms with Crippen LogP contribution >= 0.6 is 11.6 Å². The van der Waals surface area contributed by atoms with Crippen LogP contribution < -0.4 is 4.74 Å². The molecule has 5 heteroatoms. The average molecular weight is 247 g/mol. The van der Waals surface area contributed by atoms with Gasteiger partial charge in [-0.2, -0.15) is 0 Å². The first-order valence-electron chi connectivity index (χ1n) is 4.89. The fourth-order valence-corrected chi connectivity index (χ4v) is 1.37. The van der Waals surface area contributed by atoms with Crippen molar-refractivity contribution in [3.05, 3.63) is 29.0 Å². The third-order valence-corrected chi connectivity index (χ3v) is 2.23. The van der Waals surface area contributed by atoms with E-state index >= 15 is 0 Å². The van der Waals surface area contributed by atoms with Crippen LogP contribution in [0.15, 0.2) is 18.2 Å². The lowest BCUT2D eigenvalue weighted by Gasteiger charge is -2.07. The summed E-state index contributed by atoms with van der Waals surface area (Å²) in [5, 5.41) is 8.62. The Morgan fingerprint density at radius 2 is 2.19 bits per heavy atom. The van der Waals surface area contributed by atoms with E-state index in [4.69, 9.17) is 21.4 Å². The van der Waals surface area contributed by atoms with Crippen molar-refractivity contribution in [1.29, 1.82) is 0 Å². The lowest BCUT2D eigenvalue weighted by Crippen LogP contribution is -2.00. The third kappa shape index (κ3) is 4.49. The number of carboxylic acid groups (broad SMARTS) is 1. The molecule has 0 radical (unpaired) electrons. The molecule has 1 aromatic carbocycles. The fourth-order valence-electron chi connectivity index (χ4n) is 1.15. The van der Waals surface area contributed by atoms with E-state index < -0.39 is 11.8 Å². The van der Waals surface area contributed by atoms with Gasteiger partial charge in [-0.1, -0.05) is 11.6 Å². The molecule has 88 valence electrons. The van der Waals surface area contributed by atoms with Crippen molar-refractivity contribution < 1.29 is 19.0 Å². The minimum atomic E-state index is -0.820. The molecule has 0 aliphatic heterocycles. The van der Waals surface area contributed by atoms with Gasteiger partial charge in [-0.15, -0.1) is 0 Å². The summed E-state index contributed by atoms with van der Waals surface area (Å²) in [6.45, 7) is 0.374. The maximum atomic E-state index is 12.7. The van der Waals surface area contributed by atoms with E-state index in [2.05, 4.69) is 0 Å². The van der Waals surface area contributed by atoms with Crippen molar-refractivity contribution in [2.24, 2.45) is 0 Å². The predicted molar refractivity (Wildman–Crippen MR) is 58.4 cm³/mol. The zero-order chi connectivity index (χ0) is 12.0. The molecule has 0 amide bonds. The highest BCUT2D eigenvalue weighted by molar-refractivity contribution is 6.32. The Morgan fingerprint density at radius 1 is 1.44 bits per heavy atom. The zero-order valence-corrected chi connectivity index (χ0v) is 9.34. The second kappa shape index (κ2) is 6.33. The topological polar surface area (TPSA) is 46.5 Å². The summed E-state index contributed by atoms with van der Waals surface area (Å²) in [4.78, 5) is 10.2. The Morgan fingerprint density at radius 3 is 2.81 bits per heavy atom. The van der Waals surface area contributed by atoms with Crippen molar-refractivity contribution in [3.63, 3.8) is 0 Å². The number of hydrogen-bond donors (Lipinski definition) is 1. The fraction of sp³-hybridized carbons (Fsp3) is 0.364. The summed E-state index contributed by atoms with van der Waals surface area (Å²) in [6, 6.07) is 3.89. The Balaban J connectivity index is 2.29. The molecule has 0 saturated carbocycles. The normalized spacial score (nSPS) is 10.1. The highest BCUT2D eigenvalue weighted by Crippen LogP contribution is 2.24. The molecular formula is C11H12ClFO3. The molecule has 0 aliphatic rings. The molecule has 0 saturated heterocycles. The van der Waals surface area contributed by atoms with Gasteiger partial charge in [0.15, 0.2) is 0 Å². The van der Waals surface area contributed by atoms with Crippen LogP contribution in [0.25, 0.3) is 0 Å². The zero-order valence-electron chi connectivity index (χ0n) is 8.58. The molecule has 0 heterocycles. The van der Waals surface area contributed by atoms with Gasteiger partial charge in [0.05, 0.1) is 11.6 Å². The summed E-state index contributed by atoms with van der Waals surface area (Å²) in [6.07, 6.45) is 1.30. The van der Waals surface area contributed by atoms with Gasteiger partial charge in [0.25, 0.3) is 0 Å². The summed E-state index contributed by atoms with van der Waals surface area (Å²) in [7, 11) is 0. The quantitative estimate of drug-likeness (QED) is 0.785. The second-order valence-corrected chi connectivity index (χ2v) is 3.68. The van der Waals surface area contributed by atoms with Crippen LogP contribution in [0.5, 0.6) is 5.75 Å². The molecule has 1 rings (SSSR count). The second-order valence-electron chi connectivity index (χ2n) is 3.27. The van der Waals surface area contributed by atoms with E-state index in [0.29, 0.717) is 25.2 Å². The Hall–Kier alpha value is -1.29. The van der Waals surface area contributed by atoms with Crippen LogP contribution in [0, 0.1) is 5.82 Å². The van der Waals surface area contributed by atoms with Gasteiger partial charge in [-0.3, -0.25) is 4.79 Å². The molecule has 0 atom stereocenters. The number of unbranched alkanes of at least 4 members (excludes halogenated alkanes) is 1. The van der Waals surface area contributed by atoms with Gasteiger partial charge in [0.2, 0.25) is 0 Å². The molecule has 0 unspecified atom stereocenters. The number of benzene rings is 1. The minimum absolute atomic E-state index is 0.126. The molecule has 0 aromatic heterocycles. The largest absolute Gasteiger partial charge is 0.492 e. The monoisotopic (exact) mass is 246 g/mol. The van der Waals surface area contributed by atoms with E-state index in [1.54, 1.807) is 0 Å². The van der Waals surface area contributed by atoms with Crippen molar-refractivity contribution in [1.82, 2.24) is 0 Å². The average Bonchev–Trinajstić information content (AvgIpc) is 2.20. The molecule has 1 N–H and O–H groups in total. The molecule has 0 spiro atoms. The van der Waals surface area contributed by atoms with E-state index in [1.165, 1.54) is 18.2 Å². The van der Waals surface area contributed by atoms with Crippen LogP contribution in [0.4, 0.5) is 4.39 Å². The minimum Gasteiger partial charge on any atom is -0.492 e. The summed E-state index contributed by atoms with van der Waals surface area (Å²) >= 11 is 5.73. The summed E-state index contributed by atoms with van der Waals surface area (Å²) < 4.78 is 18.0. The lowest BCUT2D eigenvalue weighted by molar-refractivity contribution is -0.137. The van der Waals surface area contributed by atoms with Gasteiger partial charge < -0.3 is 9.84 Å². The number of carbonyl (C=O) groups is 1. The number of aliphatic carboxylic acids is 1. The highest BCUT2D eigenvalue weighted by atomic mass is 35.5. The Labute approximate surface area is 97.8 Å². The van der Waals surface area contributed by atoms with Crippen LogP contribution in [0.3, 0.4) is 0 Å². The smallest absolute Gasteiger partial charge is 0.303 e. The molecule has 1 aromatic rings. The molecule has 0 fully saturated rings. The number of hydrogen-bond acceptors (Lipinski definition) is 2. The number of ether oxygens (including phenoxy) is 1. The predicted octanol–water partition coefficient (Wildman–Crippen LogP) is 3.11. The molecular weight excluding hydrogens is 235 g/mol. The van der Waals surface area contributed by atoms with Crippen molar-refractivity contribution in [3.8, 4) is 5.75 Å². The first-order valence-corrected chi connectivity index (χ1v) is 5.27. The Bertz CT molecular complexity index is 368. The number of halogens is 2. The van der Waals surface area contributed by atoms with E-state index in [0.717, 1.165) is 0 Å². The maximum Gasteiger partial charge on any atom is 0.303 e. The van der Waals surface area contributed by atoms with Crippen LogP contribution in [-0.4, -0.2) is 17.7 Å². The number of carboxylic acids is 1. The van der Waals surface area contributed by atoms with Crippen molar-refractivity contribution in [2.75, 3.05) is 6.61 Å². The summed E-state index contributed by atoms with van der Waals surface area (Å²) in [5.41, 5.74) is 0. The molecule has 0 bridgehead atoms. The highest BCUT2D eigenvalue weighted by Gasteiger charge is 2.03. The van der Waals surface area contributed by atoms with Gasteiger partial charge in [0.1, 0.15) is 11.6 Å². The first-order chi connectivity index (χ1) is 7.59. The Kier molecular flexibility index (Phi) is 5.05. The summed E-state index contributed by atoms with van der Waals surface area (Å²) in [5.74, 6) is -0.818. The lowest BCUT2D eigenvalue weighted by atomic mass is 10.2. The van der Waals surface area contributed by atoms with E-state index in [9.17, 15) is 9.18 Å². The first kappa shape index (κ1) is 12.8. The maximum absolute atomic E-state index is 12.7. The third-order valence-electron chi connectivity index (χ3n) is 1.94. The van der Waals surface area contributed by atoms with Crippen LogP contribution in [0.2, 0.25) is 5.02 Å². The SMILES string of the molecule is O=C(O)CCCCOc1ccc(F)cc1Cl. The van der Waals surface area contributed by atoms with Crippen LogP contribution in [0.1, 0.15) is 19.3 Å². The van der Waals surface area contributed by atoms with Gasteiger partial charge in [0, 0.05) is 6.42 Å². The van der Waals surface area contributed by atoms with Crippen LogP contribution in [-0.2, 0) is 4.79 Å². The van der Waals surface area contributed by atoms with Crippen molar-refractivity contribution >= 4 is 17.6 Å².